The monoisotopic (exact) mass is 531 g/mol. The molecule has 2 aromatic rings. The van der Waals surface area contributed by atoms with Crippen molar-refractivity contribution in [2.45, 2.75) is 37.5 Å². The summed E-state index contributed by atoms with van der Waals surface area (Å²) in [5.41, 5.74) is 4.04. The summed E-state index contributed by atoms with van der Waals surface area (Å²) in [4.78, 5) is 1.98. The van der Waals surface area contributed by atoms with Gasteiger partial charge in [0, 0.05) is 45.9 Å². The fraction of sp³-hybridized carbons (Fsp3) is 0.240. The second-order valence-corrected chi connectivity index (χ2v) is 11.2. The number of anilines is 1. The largest absolute Gasteiger partial charge is 0.455 e. The maximum Gasteiger partial charge on any atom is 0.295 e. The lowest BCUT2D eigenvalue weighted by molar-refractivity contribution is -0.496. The van der Waals surface area contributed by atoms with Crippen LogP contribution in [0.2, 0.25) is 0 Å². The molecule has 0 saturated carbocycles. The molecular weight excluding hydrogens is 504 g/mol. The highest BCUT2D eigenvalue weighted by atomic mass is 32.2. The first kappa shape index (κ1) is 25.8. The fourth-order valence-electron chi connectivity index (χ4n) is 4.42. The normalized spacial score (nSPS) is 13.0. The summed E-state index contributed by atoms with van der Waals surface area (Å²) in [6.45, 7) is 9.06. The van der Waals surface area contributed by atoms with E-state index < -0.39 is 30.0 Å². The molecule has 0 spiro atoms. The first-order valence-electron chi connectivity index (χ1n) is 11.3. The Morgan fingerprint density at radius 2 is 1.58 bits per heavy atom. The smallest absolute Gasteiger partial charge is 0.295 e. The van der Waals surface area contributed by atoms with Crippen LogP contribution in [0.1, 0.15) is 25.0 Å². The van der Waals surface area contributed by atoms with E-state index in [0.717, 1.165) is 34.3 Å². The van der Waals surface area contributed by atoms with E-state index in [0.29, 0.717) is 40.9 Å². The Hall–Kier alpha value is -3.25. The molecule has 11 heteroatoms. The van der Waals surface area contributed by atoms with Gasteiger partial charge in [0.25, 0.3) is 20.2 Å². The molecule has 4 rings (SSSR count). The van der Waals surface area contributed by atoms with Crippen molar-refractivity contribution in [3.05, 3.63) is 58.9 Å². The summed E-state index contributed by atoms with van der Waals surface area (Å²) in [5.74, 6) is 0.507. The van der Waals surface area contributed by atoms with Crippen LogP contribution in [0.3, 0.4) is 0 Å². The third kappa shape index (κ3) is 4.50. The summed E-state index contributed by atoms with van der Waals surface area (Å²) in [5, 5.41) is 4.69. The number of nitrogens with one attached hydrogen (secondary N) is 2. The molecule has 0 aromatic heterocycles. The maximum absolute atomic E-state index is 12.4. The van der Waals surface area contributed by atoms with Crippen LogP contribution >= 0.6 is 0 Å². The number of hydrogen-bond acceptors (Lipinski definition) is 6. The Labute approximate surface area is 209 Å². The van der Waals surface area contributed by atoms with E-state index in [-0.39, 0.29) is 5.56 Å². The van der Waals surface area contributed by atoms with E-state index in [9.17, 15) is 25.9 Å². The molecule has 36 heavy (non-hydrogen) atoms. The maximum atomic E-state index is 12.4. The first-order valence-corrected chi connectivity index (χ1v) is 14.2. The SMILES string of the molecule is CCNc1ccc2c(-c3ccc(S(=O)(=O)O)cc3S(=O)(=O)O)c3ccc(=[NH+]CC)c(C)c-3oc2c1C. The van der Waals surface area contributed by atoms with Crippen LogP contribution < -0.4 is 15.7 Å². The summed E-state index contributed by atoms with van der Waals surface area (Å²) < 4.78 is 74.3. The van der Waals surface area contributed by atoms with E-state index in [1.807, 2.05) is 39.8 Å². The van der Waals surface area contributed by atoms with Crippen molar-refractivity contribution in [3.63, 3.8) is 0 Å². The zero-order valence-electron chi connectivity index (χ0n) is 20.2. The van der Waals surface area contributed by atoms with Crippen LogP contribution in [0.15, 0.2) is 56.7 Å². The van der Waals surface area contributed by atoms with Crippen LogP contribution in [0.25, 0.3) is 33.4 Å². The van der Waals surface area contributed by atoms with Crippen molar-refractivity contribution >= 4 is 36.9 Å². The molecule has 2 aromatic carbocycles. The van der Waals surface area contributed by atoms with Crippen LogP contribution in [-0.2, 0) is 20.2 Å². The standard InChI is InChI=1S/C25H26N2O7S2/c1-5-26-20-11-9-18-23(17-8-7-16(35(28,29)30)13-22(17)36(31,32)33)19-10-12-21(27-6-2)15(4)25(19)34-24(18)14(20)3/h7-13,26H,5-6H2,1-4H3,(H,28,29,30)(H,31,32,33)/p+1. The Bertz CT molecular complexity index is 1760. The summed E-state index contributed by atoms with van der Waals surface area (Å²) in [7, 11) is -9.60. The Morgan fingerprint density at radius 3 is 2.19 bits per heavy atom. The van der Waals surface area contributed by atoms with E-state index in [1.54, 1.807) is 12.1 Å². The van der Waals surface area contributed by atoms with Crippen molar-refractivity contribution in [2.75, 3.05) is 18.4 Å². The van der Waals surface area contributed by atoms with Gasteiger partial charge in [-0.1, -0.05) is 6.07 Å². The molecular formula is C25H27N2O7S2+. The third-order valence-electron chi connectivity index (χ3n) is 6.09. The molecule has 0 saturated heterocycles. The van der Waals surface area contributed by atoms with Gasteiger partial charge in [-0.15, -0.1) is 0 Å². The molecule has 190 valence electrons. The van der Waals surface area contributed by atoms with E-state index in [4.69, 9.17) is 4.42 Å². The van der Waals surface area contributed by atoms with Crippen molar-refractivity contribution < 1.29 is 35.4 Å². The minimum atomic E-state index is -4.89. The van der Waals surface area contributed by atoms with Gasteiger partial charge in [0.2, 0.25) is 5.36 Å². The van der Waals surface area contributed by atoms with Crippen LogP contribution in [0.4, 0.5) is 5.69 Å². The Kier molecular flexibility index (Phi) is 6.69. The summed E-state index contributed by atoms with van der Waals surface area (Å²) >= 11 is 0. The average molecular weight is 532 g/mol. The number of hydrogen-bond donors (Lipinski definition) is 4. The lowest BCUT2D eigenvalue weighted by Crippen LogP contribution is -2.76. The van der Waals surface area contributed by atoms with Gasteiger partial charge in [0.1, 0.15) is 22.8 Å². The van der Waals surface area contributed by atoms with Crippen LogP contribution in [0.5, 0.6) is 0 Å². The summed E-state index contributed by atoms with van der Waals surface area (Å²) in [6.07, 6.45) is 0. The van der Waals surface area contributed by atoms with Crippen molar-refractivity contribution in [1.82, 2.24) is 0 Å². The highest BCUT2D eigenvalue weighted by Gasteiger charge is 2.28. The van der Waals surface area contributed by atoms with E-state index in [1.165, 1.54) is 6.07 Å². The molecule has 0 atom stereocenters. The molecule has 1 heterocycles. The number of rotatable bonds is 6. The van der Waals surface area contributed by atoms with Gasteiger partial charge >= 0.3 is 0 Å². The predicted octanol–water partition coefficient (Wildman–Crippen LogP) is 2.75. The fourth-order valence-corrected chi connectivity index (χ4v) is 5.73. The van der Waals surface area contributed by atoms with Gasteiger partial charge in [-0.05, 0) is 58.0 Å². The molecule has 0 fully saturated rings. The second kappa shape index (κ2) is 9.32. The molecule has 0 radical (unpaired) electrons. The first-order chi connectivity index (χ1) is 16.9. The van der Waals surface area contributed by atoms with Crippen molar-refractivity contribution in [1.29, 1.82) is 0 Å². The van der Waals surface area contributed by atoms with E-state index in [2.05, 4.69) is 10.3 Å². The second-order valence-electron chi connectivity index (χ2n) is 8.38. The Morgan fingerprint density at radius 1 is 0.889 bits per heavy atom. The molecule has 1 aliphatic carbocycles. The van der Waals surface area contributed by atoms with Crippen molar-refractivity contribution in [3.8, 4) is 22.5 Å². The van der Waals surface area contributed by atoms with E-state index >= 15 is 0 Å². The lowest BCUT2D eigenvalue weighted by atomic mass is 9.91. The topological polar surface area (TPSA) is 148 Å². The Balaban J connectivity index is 2.26. The van der Waals surface area contributed by atoms with Crippen LogP contribution in [0, 0.1) is 13.8 Å². The molecule has 4 N–H and O–H groups in total. The molecule has 0 amide bonds. The van der Waals surface area contributed by atoms with Gasteiger partial charge in [-0.3, -0.25) is 9.11 Å². The predicted molar refractivity (Wildman–Crippen MR) is 136 cm³/mol. The molecule has 0 bridgehead atoms. The van der Waals surface area contributed by atoms with Gasteiger partial charge in [-0.2, -0.15) is 16.8 Å². The number of fused-ring (bicyclic) bond motifs is 2. The number of benzene rings is 3. The zero-order valence-corrected chi connectivity index (χ0v) is 21.8. The molecule has 2 aliphatic rings. The average Bonchev–Trinajstić information content (AvgIpc) is 2.80. The van der Waals surface area contributed by atoms with Crippen LogP contribution in [-0.4, -0.2) is 39.0 Å². The minimum Gasteiger partial charge on any atom is -0.455 e. The highest BCUT2D eigenvalue weighted by molar-refractivity contribution is 7.86. The van der Waals surface area contributed by atoms with Gasteiger partial charge in [0.15, 0.2) is 0 Å². The third-order valence-corrected chi connectivity index (χ3v) is 7.83. The van der Waals surface area contributed by atoms with Gasteiger partial charge in [-0.25, -0.2) is 4.99 Å². The molecule has 0 unspecified atom stereocenters. The molecule has 1 aliphatic heterocycles. The number of aryl methyl sites for hydroxylation is 1. The highest BCUT2D eigenvalue weighted by Crippen LogP contribution is 2.45. The quantitative estimate of drug-likeness (QED) is 0.219. The minimum absolute atomic E-state index is 0.0712. The van der Waals surface area contributed by atoms with Gasteiger partial charge < -0.3 is 9.73 Å². The molecule has 9 nitrogen and oxygen atoms in total. The van der Waals surface area contributed by atoms with Gasteiger partial charge in [0.05, 0.1) is 10.5 Å². The lowest BCUT2D eigenvalue weighted by Gasteiger charge is -2.20. The van der Waals surface area contributed by atoms with Crippen molar-refractivity contribution in [2.24, 2.45) is 0 Å². The zero-order chi connectivity index (χ0) is 26.4. The summed E-state index contributed by atoms with van der Waals surface area (Å²) in [6, 6.07) is 10.4.